The highest BCUT2D eigenvalue weighted by atomic mass is 19.4. The summed E-state index contributed by atoms with van der Waals surface area (Å²) in [6.07, 6.45) is -12.9. The van der Waals surface area contributed by atoms with Gasteiger partial charge < -0.3 is 0 Å². The average molecular weight is 482 g/mol. The average Bonchev–Trinajstić information content (AvgIpc) is 2.50. The molecule has 0 bridgehead atoms. The summed E-state index contributed by atoms with van der Waals surface area (Å²) in [6, 6.07) is 0. The van der Waals surface area contributed by atoms with Crippen LogP contribution in [0, 0.1) is 0 Å². The fourth-order valence-electron chi connectivity index (χ4n) is 1.35. The van der Waals surface area contributed by atoms with Gasteiger partial charge in [0.1, 0.15) is 0 Å². The minimum absolute atomic E-state index is 4.28. The van der Waals surface area contributed by atoms with Gasteiger partial charge in [0.15, 0.2) is 0 Å². The standard InChI is InChI=1S/C10HF19/c11-1(3(13)14)2(12)4(15,16)5(17,18)6(19,20)7(21,22)8(23,24)9(25,26)10(27,28)29/h3H/b2-1+. The minimum Gasteiger partial charge on any atom is -0.202 e. The number of halogens is 19. The molecule has 0 rings (SSSR count). The molecule has 0 spiro atoms. The summed E-state index contributed by atoms with van der Waals surface area (Å²) in [5, 5.41) is 0. The van der Waals surface area contributed by atoms with Crippen molar-refractivity contribution in [3.63, 3.8) is 0 Å². The van der Waals surface area contributed by atoms with E-state index < -0.39 is 59.8 Å². The van der Waals surface area contributed by atoms with E-state index in [1.165, 1.54) is 0 Å². The first-order valence-electron chi connectivity index (χ1n) is 5.94. The van der Waals surface area contributed by atoms with Gasteiger partial charge >= 0.3 is 41.7 Å². The Bertz CT molecular complexity index is 634. The quantitative estimate of drug-likeness (QED) is 0.352. The van der Waals surface area contributed by atoms with Crippen molar-refractivity contribution in [3.05, 3.63) is 11.7 Å². The Balaban J connectivity index is 6.77. The van der Waals surface area contributed by atoms with E-state index in [0.29, 0.717) is 0 Å². The molecule has 0 unspecified atom stereocenters. The van der Waals surface area contributed by atoms with Crippen LogP contribution in [-0.2, 0) is 0 Å². The molecule has 0 fully saturated rings. The predicted molar refractivity (Wildman–Crippen MR) is 51.0 cm³/mol. The zero-order valence-corrected chi connectivity index (χ0v) is 12.3. The van der Waals surface area contributed by atoms with Gasteiger partial charge in [-0.2, -0.15) is 65.9 Å². The lowest BCUT2D eigenvalue weighted by Gasteiger charge is -2.41. The first-order valence-corrected chi connectivity index (χ1v) is 5.94. The van der Waals surface area contributed by atoms with Crippen molar-refractivity contribution < 1.29 is 83.4 Å². The van der Waals surface area contributed by atoms with Gasteiger partial charge in [-0.15, -0.1) is 0 Å². The summed E-state index contributed by atoms with van der Waals surface area (Å²) < 4.78 is 238. The molecule has 0 nitrogen and oxygen atoms in total. The zero-order chi connectivity index (χ0) is 24.2. The van der Waals surface area contributed by atoms with Gasteiger partial charge in [0.2, 0.25) is 11.7 Å². The Hall–Kier alpha value is -1.59. The molecule has 174 valence electrons. The Kier molecular flexibility index (Phi) is 6.60. The second-order valence-corrected chi connectivity index (χ2v) is 4.91. The van der Waals surface area contributed by atoms with Crippen LogP contribution in [0.3, 0.4) is 0 Å². The van der Waals surface area contributed by atoms with Gasteiger partial charge in [-0.1, -0.05) is 0 Å². The van der Waals surface area contributed by atoms with Crippen LogP contribution in [0.5, 0.6) is 0 Å². The first kappa shape index (κ1) is 27.4. The van der Waals surface area contributed by atoms with Crippen molar-refractivity contribution in [2.45, 2.75) is 48.1 Å². The van der Waals surface area contributed by atoms with Crippen LogP contribution in [0.15, 0.2) is 11.7 Å². The summed E-state index contributed by atoms with van der Waals surface area (Å²) in [5.74, 6) is -59.7. The molecule has 0 aromatic carbocycles. The number of allylic oxidation sites excluding steroid dienone is 2. The van der Waals surface area contributed by atoms with Gasteiger partial charge in [0, 0.05) is 0 Å². The van der Waals surface area contributed by atoms with E-state index in [1.54, 1.807) is 0 Å². The van der Waals surface area contributed by atoms with E-state index >= 15 is 0 Å². The molecule has 0 aliphatic carbocycles. The molecular weight excluding hydrogens is 481 g/mol. The van der Waals surface area contributed by atoms with Crippen molar-refractivity contribution >= 4 is 0 Å². The molecule has 0 aromatic heterocycles. The lowest BCUT2D eigenvalue weighted by Crippen LogP contribution is -2.72. The van der Waals surface area contributed by atoms with Crippen molar-refractivity contribution in [2.24, 2.45) is 0 Å². The van der Waals surface area contributed by atoms with E-state index in [9.17, 15) is 83.4 Å². The first-order chi connectivity index (χ1) is 12.3. The lowest BCUT2D eigenvalue weighted by molar-refractivity contribution is -0.450. The van der Waals surface area contributed by atoms with E-state index in [2.05, 4.69) is 0 Å². The monoisotopic (exact) mass is 482 g/mol. The second-order valence-electron chi connectivity index (χ2n) is 4.91. The van der Waals surface area contributed by atoms with Crippen LogP contribution in [0.1, 0.15) is 0 Å². The predicted octanol–water partition coefficient (Wildman–Crippen LogP) is 6.78. The number of hydrogen-bond donors (Lipinski definition) is 0. The Morgan fingerprint density at radius 3 is 1.00 bits per heavy atom. The fraction of sp³-hybridized carbons (Fsp3) is 0.800. The molecule has 0 saturated heterocycles. The normalized spacial score (nSPS) is 17.0. The van der Waals surface area contributed by atoms with E-state index in [1.807, 2.05) is 0 Å². The Labute approximate surface area is 144 Å². The number of hydrogen-bond acceptors (Lipinski definition) is 0. The SMILES string of the molecule is F/C(=C(/F)C(F)(F)C(F)(F)C(F)(F)C(F)(F)C(F)(F)C(F)(F)C(F)(F)F)C(F)F. The summed E-state index contributed by atoms with van der Waals surface area (Å²) in [5.41, 5.74) is 0. The molecule has 0 N–H and O–H groups in total. The lowest BCUT2D eigenvalue weighted by atomic mass is 9.90. The third-order valence-corrected chi connectivity index (χ3v) is 3.00. The minimum atomic E-state index is -8.73. The molecular formula is C10HF19. The van der Waals surface area contributed by atoms with Gasteiger partial charge in [0.25, 0.3) is 6.43 Å². The fourth-order valence-corrected chi connectivity index (χ4v) is 1.35. The van der Waals surface area contributed by atoms with Crippen molar-refractivity contribution in [2.75, 3.05) is 0 Å². The summed E-state index contributed by atoms with van der Waals surface area (Å²) in [7, 11) is 0. The highest BCUT2D eigenvalue weighted by molar-refractivity contribution is 5.22. The van der Waals surface area contributed by atoms with Gasteiger partial charge in [-0.25, -0.2) is 17.6 Å². The summed E-state index contributed by atoms with van der Waals surface area (Å²) >= 11 is 0. The van der Waals surface area contributed by atoms with E-state index in [4.69, 9.17) is 0 Å². The summed E-state index contributed by atoms with van der Waals surface area (Å²) in [6.45, 7) is 0. The van der Waals surface area contributed by atoms with E-state index in [0.717, 1.165) is 0 Å². The molecule has 0 atom stereocenters. The van der Waals surface area contributed by atoms with Crippen molar-refractivity contribution in [3.8, 4) is 0 Å². The zero-order valence-electron chi connectivity index (χ0n) is 12.3. The molecule has 0 saturated carbocycles. The van der Waals surface area contributed by atoms with Crippen molar-refractivity contribution in [1.29, 1.82) is 0 Å². The molecule has 0 heterocycles. The molecule has 0 amide bonds. The molecule has 19 heteroatoms. The maximum atomic E-state index is 13.1. The molecule has 29 heavy (non-hydrogen) atoms. The maximum Gasteiger partial charge on any atom is 0.460 e. The molecule has 0 aliphatic heterocycles. The topological polar surface area (TPSA) is 0 Å². The van der Waals surface area contributed by atoms with Gasteiger partial charge in [-0.3, -0.25) is 0 Å². The molecule has 0 aliphatic rings. The largest absolute Gasteiger partial charge is 0.460 e. The van der Waals surface area contributed by atoms with Crippen LogP contribution < -0.4 is 0 Å². The number of rotatable bonds is 7. The smallest absolute Gasteiger partial charge is 0.202 e. The van der Waals surface area contributed by atoms with E-state index in [-0.39, 0.29) is 0 Å². The maximum absolute atomic E-state index is 13.1. The van der Waals surface area contributed by atoms with Crippen molar-refractivity contribution in [1.82, 2.24) is 0 Å². The van der Waals surface area contributed by atoms with Crippen LogP contribution in [0.25, 0.3) is 0 Å². The Morgan fingerprint density at radius 2 is 0.724 bits per heavy atom. The third kappa shape index (κ3) is 3.57. The van der Waals surface area contributed by atoms with Crippen LogP contribution in [0.4, 0.5) is 83.4 Å². The summed E-state index contributed by atoms with van der Waals surface area (Å²) in [4.78, 5) is 0. The third-order valence-electron chi connectivity index (χ3n) is 3.00. The second kappa shape index (κ2) is 6.98. The van der Waals surface area contributed by atoms with Crippen LogP contribution in [-0.4, -0.2) is 48.1 Å². The van der Waals surface area contributed by atoms with Crippen LogP contribution in [0.2, 0.25) is 0 Å². The molecule has 0 radical (unpaired) electrons. The van der Waals surface area contributed by atoms with Gasteiger partial charge in [0.05, 0.1) is 0 Å². The Morgan fingerprint density at radius 1 is 0.448 bits per heavy atom. The molecule has 0 aromatic rings. The van der Waals surface area contributed by atoms with Crippen LogP contribution >= 0.6 is 0 Å². The van der Waals surface area contributed by atoms with Gasteiger partial charge in [-0.05, 0) is 0 Å². The highest BCUT2D eigenvalue weighted by Crippen LogP contribution is 2.63. The number of alkyl halides is 17. The highest BCUT2D eigenvalue weighted by Gasteiger charge is 2.93.